The van der Waals surface area contributed by atoms with Crippen LogP contribution in [0.25, 0.3) is 0 Å². The Balaban J connectivity index is 1.56. The van der Waals surface area contributed by atoms with E-state index >= 15 is 0 Å². The van der Waals surface area contributed by atoms with Crippen LogP contribution in [0.5, 0.6) is 0 Å². The second kappa shape index (κ2) is 8.00. The van der Waals surface area contributed by atoms with E-state index in [0.29, 0.717) is 20.6 Å². The highest BCUT2D eigenvalue weighted by Crippen LogP contribution is 2.26. The lowest BCUT2D eigenvalue weighted by Gasteiger charge is -2.00. The van der Waals surface area contributed by atoms with Gasteiger partial charge in [0.1, 0.15) is 5.82 Å². The number of hydrogen-bond acceptors (Lipinski definition) is 6. The van der Waals surface area contributed by atoms with E-state index < -0.39 is 11.7 Å². The van der Waals surface area contributed by atoms with Gasteiger partial charge in [-0.25, -0.2) is 4.39 Å². The lowest BCUT2D eigenvalue weighted by Crippen LogP contribution is -2.11. The van der Waals surface area contributed by atoms with E-state index in [1.54, 1.807) is 12.1 Å². The maximum Gasteiger partial charge on any atom is 0.257 e. The Labute approximate surface area is 151 Å². The zero-order valence-electron chi connectivity index (χ0n) is 12.8. The van der Waals surface area contributed by atoms with E-state index in [4.69, 9.17) is 0 Å². The molecule has 1 amide bonds. The zero-order valence-corrected chi connectivity index (χ0v) is 14.4. The number of carbonyl (C=O) groups is 2. The summed E-state index contributed by atoms with van der Waals surface area (Å²) in [6, 6.07) is 14.2. The summed E-state index contributed by atoms with van der Waals surface area (Å²) in [5.41, 5.74) is 0.967. The van der Waals surface area contributed by atoms with Crippen LogP contribution in [-0.4, -0.2) is 27.6 Å². The molecule has 0 aliphatic heterocycles. The van der Waals surface area contributed by atoms with Crippen LogP contribution < -0.4 is 5.32 Å². The van der Waals surface area contributed by atoms with E-state index in [1.807, 2.05) is 18.2 Å². The molecule has 0 aliphatic rings. The Morgan fingerprint density at radius 1 is 1.00 bits per heavy atom. The van der Waals surface area contributed by atoms with E-state index in [2.05, 4.69) is 15.5 Å². The third-order valence-corrected chi connectivity index (χ3v) is 5.13. The van der Waals surface area contributed by atoms with Crippen molar-refractivity contribution in [1.29, 1.82) is 0 Å². The molecule has 0 aliphatic carbocycles. The van der Waals surface area contributed by atoms with Crippen molar-refractivity contribution in [2.24, 2.45) is 0 Å². The highest BCUT2D eigenvalue weighted by Gasteiger charge is 2.12. The molecule has 25 heavy (non-hydrogen) atoms. The van der Waals surface area contributed by atoms with Crippen molar-refractivity contribution in [2.45, 2.75) is 4.34 Å². The highest BCUT2D eigenvalue weighted by atomic mass is 32.2. The molecule has 0 saturated carbocycles. The maximum absolute atomic E-state index is 12.9. The Bertz CT molecular complexity index is 882. The number of amides is 1. The van der Waals surface area contributed by atoms with Gasteiger partial charge in [0.05, 0.1) is 5.75 Å². The van der Waals surface area contributed by atoms with Gasteiger partial charge in [-0.1, -0.05) is 53.4 Å². The molecule has 1 heterocycles. The Morgan fingerprint density at radius 3 is 2.44 bits per heavy atom. The third-order valence-electron chi connectivity index (χ3n) is 3.16. The summed E-state index contributed by atoms with van der Waals surface area (Å²) in [6.45, 7) is 0. The summed E-state index contributed by atoms with van der Waals surface area (Å²) in [5.74, 6) is -0.565. The Morgan fingerprint density at radius 2 is 1.72 bits per heavy atom. The number of thioether (sulfide) groups is 1. The van der Waals surface area contributed by atoms with Gasteiger partial charge in [-0.05, 0) is 24.3 Å². The van der Waals surface area contributed by atoms with Crippen LogP contribution >= 0.6 is 23.1 Å². The van der Waals surface area contributed by atoms with Crippen LogP contribution in [-0.2, 0) is 0 Å². The van der Waals surface area contributed by atoms with Crippen LogP contribution in [0.4, 0.5) is 9.52 Å². The largest absolute Gasteiger partial charge is 0.296 e. The first kappa shape index (κ1) is 17.2. The molecule has 0 fully saturated rings. The normalized spacial score (nSPS) is 10.4. The average Bonchev–Trinajstić information content (AvgIpc) is 3.08. The van der Waals surface area contributed by atoms with Gasteiger partial charge in [-0.15, -0.1) is 10.2 Å². The second-order valence-corrected chi connectivity index (χ2v) is 7.11. The van der Waals surface area contributed by atoms with Gasteiger partial charge in [0.15, 0.2) is 10.1 Å². The molecule has 0 atom stereocenters. The fraction of sp³-hybridized carbons (Fsp3) is 0.0588. The molecule has 0 saturated heterocycles. The fourth-order valence-electron chi connectivity index (χ4n) is 1.92. The fourth-order valence-corrected chi connectivity index (χ4v) is 3.57. The van der Waals surface area contributed by atoms with Crippen LogP contribution in [0.2, 0.25) is 0 Å². The van der Waals surface area contributed by atoms with Gasteiger partial charge >= 0.3 is 0 Å². The first-order valence-electron chi connectivity index (χ1n) is 7.23. The topological polar surface area (TPSA) is 72.0 Å². The van der Waals surface area contributed by atoms with Crippen molar-refractivity contribution < 1.29 is 14.0 Å². The molecule has 0 bridgehead atoms. The molecule has 3 rings (SSSR count). The van der Waals surface area contributed by atoms with Crippen LogP contribution in [0.1, 0.15) is 20.7 Å². The van der Waals surface area contributed by atoms with Gasteiger partial charge in [-0.2, -0.15) is 0 Å². The molecule has 8 heteroatoms. The van der Waals surface area contributed by atoms with E-state index in [0.717, 1.165) is 0 Å². The summed E-state index contributed by atoms with van der Waals surface area (Å²) >= 11 is 2.44. The van der Waals surface area contributed by atoms with Gasteiger partial charge in [-0.3, -0.25) is 14.9 Å². The van der Waals surface area contributed by atoms with Gasteiger partial charge in [0.25, 0.3) is 5.91 Å². The molecule has 0 unspecified atom stereocenters. The van der Waals surface area contributed by atoms with Crippen LogP contribution in [0.15, 0.2) is 58.9 Å². The maximum atomic E-state index is 12.9. The molecule has 0 radical (unpaired) electrons. The van der Waals surface area contributed by atoms with Crippen molar-refractivity contribution in [3.05, 3.63) is 71.5 Å². The van der Waals surface area contributed by atoms with Crippen molar-refractivity contribution in [3.63, 3.8) is 0 Å². The summed E-state index contributed by atoms with van der Waals surface area (Å²) < 4.78 is 13.5. The summed E-state index contributed by atoms with van der Waals surface area (Å²) in [5, 5.41) is 10.8. The lowest BCUT2D eigenvalue weighted by atomic mass is 10.2. The SMILES string of the molecule is O=C(CSc1nnc(NC(=O)c2ccc(F)cc2)s1)c1ccccc1. The number of Topliss-reactive ketones (excluding diaryl/α,β-unsaturated/α-hetero) is 1. The summed E-state index contributed by atoms with van der Waals surface area (Å²) in [6.07, 6.45) is 0. The van der Waals surface area contributed by atoms with Crippen LogP contribution in [0.3, 0.4) is 0 Å². The van der Waals surface area contributed by atoms with Crippen molar-refractivity contribution >= 4 is 39.9 Å². The van der Waals surface area contributed by atoms with E-state index in [-0.39, 0.29) is 11.5 Å². The number of halogens is 1. The number of benzene rings is 2. The number of ketones is 1. The molecule has 2 aromatic carbocycles. The lowest BCUT2D eigenvalue weighted by molar-refractivity contribution is 0.101. The number of rotatable bonds is 6. The third kappa shape index (κ3) is 4.71. The van der Waals surface area contributed by atoms with Crippen molar-refractivity contribution in [2.75, 3.05) is 11.1 Å². The average molecular weight is 373 g/mol. The zero-order chi connectivity index (χ0) is 17.6. The molecule has 0 spiro atoms. The first-order chi connectivity index (χ1) is 12.1. The van der Waals surface area contributed by atoms with Gasteiger partial charge < -0.3 is 0 Å². The highest BCUT2D eigenvalue weighted by molar-refractivity contribution is 8.01. The number of carbonyl (C=O) groups excluding carboxylic acids is 2. The minimum atomic E-state index is -0.408. The monoisotopic (exact) mass is 373 g/mol. The minimum absolute atomic E-state index is 0.00213. The molecule has 1 N–H and O–H groups in total. The molecule has 3 aromatic rings. The molecular formula is C17H12FN3O2S2. The first-order valence-corrected chi connectivity index (χ1v) is 9.03. The second-order valence-electron chi connectivity index (χ2n) is 4.91. The molecule has 126 valence electrons. The Hall–Kier alpha value is -2.58. The number of aromatic nitrogens is 2. The van der Waals surface area contributed by atoms with Gasteiger partial charge in [0.2, 0.25) is 5.13 Å². The van der Waals surface area contributed by atoms with Crippen LogP contribution in [0, 0.1) is 5.82 Å². The quantitative estimate of drug-likeness (QED) is 0.403. The standard InChI is InChI=1S/C17H12FN3O2S2/c18-13-8-6-12(7-9-13)15(23)19-16-20-21-17(25-16)24-10-14(22)11-4-2-1-3-5-11/h1-9H,10H2,(H,19,20,23). The van der Waals surface area contributed by atoms with Crippen molar-refractivity contribution in [1.82, 2.24) is 10.2 Å². The summed E-state index contributed by atoms with van der Waals surface area (Å²) in [7, 11) is 0. The van der Waals surface area contributed by atoms with Crippen molar-refractivity contribution in [3.8, 4) is 0 Å². The predicted octanol–water partition coefficient (Wildman–Crippen LogP) is 3.90. The Kier molecular flexibility index (Phi) is 5.52. The van der Waals surface area contributed by atoms with E-state index in [9.17, 15) is 14.0 Å². The van der Waals surface area contributed by atoms with E-state index in [1.165, 1.54) is 47.4 Å². The smallest absolute Gasteiger partial charge is 0.257 e. The minimum Gasteiger partial charge on any atom is -0.296 e. The number of anilines is 1. The molecule has 5 nitrogen and oxygen atoms in total. The van der Waals surface area contributed by atoms with Gasteiger partial charge in [0, 0.05) is 11.1 Å². The number of nitrogens with zero attached hydrogens (tertiary/aromatic N) is 2. The number of hydrogen-bond donors (Lipinski definition) is 1. The molecule has 1 aromatic heterocycles. The number of nitrogens with one attached hydrogen (secondary N) is 1. The predicted molar refractivity (Wildman–Crippen MR) is 95.8 cm³/mol. The summed E-state index contributed by atoms with van der Waals surface area (Å²) in [4.78, 5) is 24.1. The molecular weight excluding hydrogens is 361 g/mol.